The topological polar surface area (TPSA) is 66.6 Å². The molecule has 1 aliphatic rings. The Morgan fingerprint density at radius 3 is 2.76 bits per heavy atom. The van der Waals surface area contributed by atoms with Crippen molar-refractivity contribution in [1.82, 2.24) is 4.90 Å². The van der Waals surface area contributed by atoms with Gasteiger partial charge < -0.3 is 15.7 Å². The van der Waals surface area contributed by atoms with Crippen LogP contribution in [-0.2, 0) is 11.3 Å². The van der Waals surface area contributed by atoms with E-state index in [0.717, 1.165) is 12.0 Å². The predicted octanol–water partition coefficient (Wildman–Crippen LogP) is 0.497. The summed E-state index contributed by atoms with van der Waals surface area (Å²) in [6.45, 7) is 1.23. The number of carbonyl (C=O) groups excluding carboxylic acids is 1. The van der Waals surface area contributed by atoms with Crippen LogP contribution in [0.2, 0.25) is 0 Å². The van der Waals surface area contributed by atoms with Gasteiger partial charge in [-0.2, -0.15) is 0 Å². The van der Waals surface area contributed by atoms with Crippen molar-refractivity contribution < 1.29 is 9.90 Å². The van der Waals surface area contributed by atoms with E-state index in [4.69, 9.17) is 5.73 Å². The molecule has 1 aliphatic heterocycles. The molecule has 17 heavy (non-hydrogen) atoms. The van der Waals surface area contributed by atoms with Crippen LogP contribution in [0.1, 0.15) is 18.4 Å². The van der Waals surface area contributed by atoms with E-state index in [1.165, 1.54) is 0 Å². The SMILES string of the molecule is N[C@@H]1C(=O)N(Cc2ccccc2)CCC[C@H]1O. The van der Waals surface area contributed by atoms with E-state index >= 15 is 0 Å². The highest BCUT2D eigenvalue weighted by Crippen LogP contribution is 2.14. The van der Waals surface area contributed by atoms with Crippen molar-refractivity contribution in [3.8, 4) is 0 Å². The van der Waals surface area contributed by atoms with Crippen molar-refractivity contribution in [3.63, 3.8) is 0 Å². The maximum absolute atomic E-state index is 12.0. The summed E-state index contributed by atoms with van der Waals surface area (Å²) in [5.41, 5.74) is 6.81. The van der Waals surface area contributed by atoms with Crippen LogP contribution in [0, 0.1) is 0 Å². The lowest BCUT2D eigenvalue weighted by atomic mass is 10.1. The molecule has 1 fully saturated rings. The van der Waals surface area contributed by atoms with E-state index in [9.17, 15) is 9.90 Å². The Labute approximate surface area is 101 Å². The number of hydrogen-bond acceptors (Lipinski definition) is 3. The number of nitrogens with zero attached hydrogens (tertiary/aromatic N) is 1. The molecule has 1 aromatic carbocycles. The van der Waals surface area contributed by atoms with Crippen molar-refractivity contribution in [1.29, 1.82) is 0 Å². The average molecular weight is 234 g/mol. The van der Waals surface area contributed by atoms with Crippen molar-refractivity contribution in [2.45, 2.75) is 31.5 Å². The first kappa shape index (κ1) is 12.1. The van der Waals surface area contributed by atoms with E-state index in [2.05, 4.69) is 0 Å². The zero-order chi connectivity index (χ0) is 12.3. The van der Waals surface area contributed by atoms with Gasteiger partial charge in [0.2, 0.25) is 5.91 Å². The number of hydrogen-bond donors (Lipinski definition) is 2. The quantitative estimate of drug-likeness (QED) is 0.783. The number of nitrogens with two attached hydrogens (primary N) is 1. The average Bonchev–Trinajstić information content (AvgIpc) is 2.46. The van der Waals surface area contributed by atoms with Gasteiger partial charge >= 0.3 is 0 Å². The third kappa shape index (κ3) is 2.84. The van der Waals surface area contributed by atoms with Crippen LogP contribution in [0.25, 0.3) is 0 Å². The molecular weight excluding hydrogens is 216 g/mol. The molecule has 2 atom stereocenters. The Balaban J connectivity index is 2.07. The fourth-order valence-corrected chi connectivity index (χ4v) is 2.12. The summed E-state index contributed by atoms with van der Waals surface area (Å²) in [5.74, 6) is -0.154. The van der Waals surface area contributed by atoms with Crippen LogP contribution < -0.4 is 5.73 Å². The second kappa shape index (κ2) is 5.29. The van der Waals surface area contributed by atoms with Crippen LogP contribution >= 0.6 is 0 Å². The molecule has 0 saturated carbocycles. The van der Waals surface area contributed by atoms with Gasteiger partial charge in [0.05, 0.1) is 6.10 Å². The van der Waals surface area contributed by atoms with Gasteiger partial charge in [-0.3, -0.25) is 4.79 Å². The van der Waals surface area contributed by atoms with Gasteiger partial charge in [-0.25, -0.2) is 0 Å². The normalized spacial score (nSPS) is 25.8. The zero-order valence-electron chi connectivity index (χ0n) is 9.75. The third-order valence-corrected chi connectivity index (χ3v) is 3.16. The van der Waals surface area contributed by atoms with E-state index in [1.54, 1.807) is 4.90 Å². The molecule has 1 amide bonds. The summed E-state index contributed by atoms with van der Waals surface area (Å²) in [6.07, 6.45) is 0.689. The summed E-state index contributed by atoms with van der Waals surface area (Å²) in [7, 11) is 0. The highest BCUT2D eigenvalue weighted by molar-refractivity contribution is 5.82. The van der Waals surface area contributed by atoms with E-state index in [0.29, 0.717) is 19.5 Å². The molecule has 2 rings (SSSR count). The Kier molecular flexibility index (Phi) is 3.76. The minimum atomic E-state index is -0.777. The molecule has 0 unspecified atom stereocenters. The Bertz CT molecular complexity index is 380. The van der Waals surface area contributed by atoms with Crippen molar-refractivity contribution in [2.24, 2.45) is 5.73 Å². The molecule has 3 N–H and O–H groups in total. The lowest BCUT2D eigenvalue weighted by molar-refractivity contribution is -0.134. The minimum absolute atomic E-state index is 0.154. The molecule has 1 saturated heterocycles. The minimum Gasteiger partial charge on any atom is -0.391 e. The lowest BCUT2D eigenvalue weighted by Gasteiger charge is -2.23. The van der Waals surface area contributed by atoms with Crippen molar-refractivity contribution in [3.05, 3.63) is 35.9 Å². The summed E-state index contributed by atoms with van der Waals surface area (Å²) in [4.78, 5) is 13.7. The second-order valence-electron chi connectivity index (χ2n) is 4.48. The summed E-state index contributed by atoms with van der Waals surface area (Å²) < 4.78 is 0. The van der Waals surface area contributed by atoms with Gasteiger partial charge in [0.1, 0.15) is 6.04 Å². The molecule has 4 nitrogen and oxygen atoms in total. The number of rotatable bonds is 2. The largest absolute Gasteiger partial charge is 0.391 e. The van der Waals surface area contributed by atoms with Gasteiger partial charge in [-0.05, 0) is 18.4 Å². The molecule has 0 aromatic heterocycles. The summed E-state index contributed by atoms with van der Waals surface area (Å²) in [5, 5.41) is 9.64. The smallest absolute Gasteiger partial charge is 0.242 e. The van der Waals surface area contributed by atoms with Crippen LogP contribution in [0.3, 0.4) is 0 Å². The van der Waals surface area contributed by atoms with Gasteiger partial charge in [0, 0.05) is 13.1 Å². The second-order valence-corrected chi connectivity index (χ2v) is 4.48. The van der Waals surface area contributed by atoms with Gasteiger partial charge in [0.15, 0.2) is 0 Å². The standard InChI is InChI=1S/C13H18N2O2/c14-12-11(16)7-4-8-15(13(12)17)9-10-5-2-1-3-6-10/h1-3,5-6,11-12,16H,4,7-9,14H2/t11-,12+/m1/s1. The van der Waals surface area contributed by atoms with Gasteiger partial charge in [-0.1, -0.05) is 30.3 Å². The maximum atomic E-state index is 12.0. The molecule has 0 bridgehead atoms. The highest BCUT2D eigenvalue weighted by atomic mass is 16.3. The molecule has 1 aromatic rings. The number of aliphatic hydroxyl groups excluding tert-OH is 1. The number of benzene rings is 1. The predicted molar refractivity (Wildman–Crippen MR) is 65.1 cm³/mol. The monoisotopic (exact) mass is 234 g/mol. The number of amides is 1. The Morgan fingerprint density at radius 1 is 1.35 bits per heavy atom. The van der Waals surface area contributed by atoms with Crippen LogP contribution in [0.5, 0.6) is 0 Å². The van der Waals surface area contributed by atoms with Gasteiger partial charge in [-0.15, -0.1) is 0 Å². The molecule has 0 radical (unpaired) electrons. The fraction of sp³-hybridized carbons (Fsp3) is 0.462. The lowest BCUT2D eigenvalue weighted by Crippen LogP contribution is -2.47. The first-order valence-electron chi connectivity index (χ1n) is 5.95. The van der Waals surface area contributed by atoms with Crippen LogP contribution in [-0.4, -0.2) is 34.6 Å². The van der Waals surface area contributed by atoms with E-state index < -0.39 is 12.1 Å². The Morgan fingerprint density at radius 2 is 2.06 bits per heavy atom. The van der Waals surface area contributed by atoms with Gasteiger partial charge in [0.25, 0.3) is 0 Å². The third-order valence-electron chi connectivity index (χ3n) is 3.16. The summed E-state index contributed by atoms with van der Waals surface area (Å²) in [6, 6.07) is 9.05. The molecule has 92 valence electrons. The highest BCUT2D eigenvalue weighted by Gasteiger charge is 2.30. The first-order valence-corrected chi connectivity index (χ1v) is 5.95. The number of carbonyl (C=O) groups is 1. The van der Waals surface area contributed by atoms with Crippen molar-refractivity contribution >= 4 is 5.91 Å². The molecular formula is C13H18N2O2. The van der Waals surface area contributed by atoms with Crippen LogP contribution in [0.4, 0.5) is 0 Å². The van der Waals surface area contributed by atoms with Crippen LogP contribution in [0.15, 0.2) is 30.3 Å². The maximum Gasteiger partial charge on any atom is 0.242 e. The zero-order valence-corrected chi connectivity index (χ0v) is 9.75. The molecule has 1 heterocycles. The molecule has 4 heteroatoms. The number of aliphatic hydroxyl groups is 1. The van der Waals surface area contributed by atoms with E-state index in [-0.39, 0.29) is 5.91 Å². The summed E-state index contributed by atoms with van der Waals surface area (Å²) >= 11 is 0. The fourth-order valence-electron chi connectivity index (χ4n) is 2.12. The Hall–Kier alpha value is -1.39. The number of likely N-dealkylation sites (tertiary alicyclic amines) is 1. The first-order chi connectivity index (χ1) is 8.18. The molecule has 0 spiro atoms. The van der Waals surface area contributed by atoms with Crippen molar-refractivity contribution in [2.75, 3.05) is 6.54 Å². The molecule has 0 aliphatic carbocycles. The van der Waals surface area contributed by atoms with E-state index in [1.807, 2.05) is 30.3 Å².